The molecule has 6 nitrogen and oxygen atoms in total. The van der Waals surface area contributed by atoms with E-state index < -0.39 is 35.8 Å². The highest BCUT2D eigenvalue weighted by Gasteiger charge is 2.14. The van der Waals surface area contributed by atoms with E-state index in [1.807, 2.05) is 0 Å². The lowest BCUT2D eigenvalue weighted by atomic mass is 10.2. The summed E-state index contributed by atoms with van der Waals surface area (Å²) in [6, 6.07) is 7.11. The van der Waals surface area contributed by atoms with Crippen LogP contribution < -0.4 is 14.2 Å². The van der Waals surface area contributed by atoms with Gasteiger partial charge in [0.05, 0.1) is 12.7 Å². The number of amides is 1. The summed E-state index contributed by atoms with van der Waals surface area (Å²) in [5.74, 6) is -1.60. The molecular formula is C15H12F3NO5S. The normalized spacial score (nSPS) is 11.5. The third-order valence-corrected chi connectivity index (χ3v) is 3.26. The molecule has 1 unspecified atom stereocenters. The Morgan fingerprint density at radius 1 is 1.12 bits per heavy atom. The van der Waals surface area contributed by atoms with Gasteiger partial charge in [0.15, 0.2) is 0 Å². The molecule has 2 rings (SSSR count). The molecule has 134 valence electrons. The summed E-state index contributed by atoms with van der Waals surface area (Å²) in [5.41, 5.74) is -0.452. The molecule has 2 aromatic carbocycles. The Labute approximate surface area is 143 Å². The van der Waals surface area contributed by atoms with Gasteiger partial charge < -0.3 is 13.7 Å². The van der Waals surface area contributed by atoms with Crippen LogP contribution >= 0.6 is 0 Å². The second-order valence-corrected chi connectivity index (χ2v) is 5.13. The zero-order valence-corrected chi connectivity index (χ0v) is 13.6. The molecule has 0 aliphatic rings. The first-order valence-electron chi connectivity index (χ1n) is 6.71. The summed E-state index contributed by atoms with van der Waals surface area (Å²) in [5, 5.41) is 2.14. The maximum absolute atomic E-state index is 14.0. The Morgan fingerprint density at radius 2 is 1.68 bits per heavy atom. The minimum Gasteiger partial charge on any atom is -0.489 e. The lowest BCUT2D eigenvalue weighted by Gasteiger charge is -2.11. The molecule has 1 amide bonds. The van der Waals surface area contributed by atoms with Crippen molar-refractivity contribution in [1.82, 2.24) is 0 Å². The molecule has 0 spiro atoms. The van der Waals surface area contributed by atoms with Crippen LogP contribution in [-0.4, -0.2) is 17.4 Å². The lowest BCUT2D eigenvalue weighted by Crippen LogP contribution is -2.12. The van der Waals surface area contributed by atoms with Crippen LogP contribution in [0.1, 0.15) is 5.56 Å². The number of benzene rings is 2. The molecule has 0 aliphatic carbocycles. The Kier molecular flexibility index (Phi) is 6.23. The van der Waals surface area contributed by atoms with Crippen LogP contribution in [0.5, 0.6) is 11.5 Å². The molecule has 0 aromatic heterocycles. The smallest absolute Gasteiger partial charge is 0.411 e. The average molecular weight is 375 g/mol. The van der Waals surface area contributed by atoms with Crippen molar-refractivity contribution in [1.29, 1.82) is 0 Å². The topological polar surface area (TPSA) is 73.9 Å². The molecule has 1 N–H and O–H groups in total. The Bertz CT molecular complexity index is 762. The third-order valence-electron chi connectivity index (χ3n) is 2.94. The number of methoxy groups -OCH3 is 1. The Balaban J connectivity index is 2.05. The van der Waals surface area contributed by atoms with Crippen molar-refractivity contribution in [2.45, 2.75) is 6.61 Å². The van der Waals surface area contributed by atoms with Crippen molar-refractivity contribution in [3.05, 3.63) is 53.6 Å². The van der Waals surface area contributed by atoms with E-state index in [0.717, 1.165) is 19.2 Å². The fraction of sp³-hybridized carbons (Fsp3) is 0.133. The van der Waals surface area contributed by atoms with Crippen molar-refractivity contribution in [2.24, 2.45) is 0 Å². The van der Waals surface area contributed by atoms with Crippen LogP contribution in [-0.2, 0) is 22.8 Å². The lowest BCUT2D eigenvalue weighted by molar-refractivity contribution is 0.187. The van der Waals surface area contributed by atoms with Gasteiger partial charge in [-0.25, -0.2) is 13.6 Å². The van der Waals surface area contributed by atoms with Gasteiger partial charge in [-0.2, -0.15) is 4.21 Å². The van der Waals surface area contributed by atoms with Crippen LogP contribution in [0.4, 0.5) is 23.1 Å². The van der Waals surface area contributed by atoms with E-state index in [4.69, 9.17) is 4.74 Å². The van der Waals surface area contributed by atoms with Gasteiger partial charge in [-0.3, -0.25) is 5.32 Å². The molecule has 0 bridgehead atoms. The maximum atomic E-state index is 14.0. The van der Waals surface area contributed by atoms with Gasteiger partial charge in [-0.05, 0) is 36.4 Å². The number of halogens is 3. The number of nitrogens with one attached hydrogen (secondary N) is 1. The van der Waals surface area contributed by atoms with Crippen LogP contribution in [0.15, 0.2) is 36.4 Å². The van der Waals surface area contributed by atoms with Crippen molar-refractivity contribution >= 4 is 23.2 Å². The predicted molar refractivity (Wildman–Crippen MR) is 83.0 cm³/mol. The van der Waals surface area contributed by atoms with Gasteiger partial charge in [-0.15, -0.1) is 0 Å². The van der Waals surface area contributed by atoms with Gasteiger partial charge in [0.1, 0.15) is 29.7 Å². The third kappa shape index (κ3) is 5.38. The highest BCUT2D eigenvalue weighted by atomic mass is 32.2. The number of carbonyl (C=O) groups excluding carboxylic acids is 1. The number of carbonyl (C=O) groups is 1. The number of hydrogen-bond donors (Lipinski definition) is 1. The molecule has 0 aliphatic heterocycles. The summed E-state index contributed by atoms with van der Waals surface area (Å²) in [7, 11) is 1.12. The predicted octanol–water partition coefficient (Wildman–Crippen LogP) is 3.65. The van der Waals surface area contributed by atoms with Crippen LogP contribution in [0.25, 0.3) is 0 Å². The number of anilines is 1. The van der Waals surface area contributed by atoms with Gasteiger partial charge >= 0.3 is 17.6 Å². The molecule has 10 heteroatoms. The van der Waals surface area contributed by atoms with E-state index in [0.29, 0.717) is 0 Å². The van der Waals surface area contributed by atoms with E-state index in [-0.39, 0.29) is 22.7 Å². The van der Waals surface area contributed by atoms with Crippen molar-refractivity contribution < 1.29 is 35.3 Å². The summed E-state index contributed by atoms with van der Waals surface area (Å²) in [6.45, 7) is -0.425. The molecule has 0 fully saturated rings. The quantitative estimate of drug-likeness (QED) is 0.781. The van der Waals surface area contributed by atoms with Gasteiger partial charge in [0, 0.05) is 5.69 Å². The monoisotopic (exact) mass is 375 g/mol. The molecule has 25 heavy (non-hydrogen) atoms. The molecule has 1 atom stereocenters. The first-order valence-corrected chi connectivity index (χ1v) is 7.68. The van der Waals surface area contributed by atoms with E-state index >= 15 is 0 Å². The largest absolute Gasteiger partial charge is 0.489 e. The second kappa shape index (κ2) is 8.38. The van der Waals surface area contributed by atoms with Crippen molar-refractivity contribution in [2.75, 3.05) is 12.4 Å². The molecule has 0 heterocycles. The molecule has 2 aromatic rings. The maximum Gasteiger partial charge on any atom is 0.411 e. The summed E-state index contributed by atoms with van der Waals surface area (Å²) in [4.78, 5) is 11.0. The zero-order chi connectivity index (χ0) is 18.4. The first kappa shape index (κ1) is 18.6. The number of rotatable bonds is 6. The van der Waals surface area contributed by atoms with Crippen LogP contribution in [0.3, 0.4) is 0 Å². The minimum absolute atomic E-state index is 0.00350. The molecule has 0 saturated heterocycles. The minimum atomic E-state index is -2.95. The molecule has 0 saturated carbocycles. The van der Waals surface area contributed by atoms with Gasteiger partial charge in [-0.1, -0.05) is 3.89 Å². The number of ether oxygens (including phenoxy) is 2. The first-order chi connectivity index (χ1) is 11.9. The van der Waals surface area contributed by atoms with E-state index in [1.54, 1.807) is 0 Å². The summed E-state index contributed by atoms with van der Waals surface area (Å²) < 4.78 is 64.3. The Morgan fingerprint density at radius 3 is 2.20 bits per heavy atom. The van der Waals surface area contributed by atoms with Crippen LogP contribution in [0, 0.1) is 11.6 Å². The standard InChI is InChI=1S/C15H12F3NO5S/c1-22-15(20)19-9-6-13(16)12(14(17)7-9)8-23-10-2-4-11(5-3-10)24-25(18)21/h2-7H,8H2,1H3,(H,19,20). The van der Waals surface area contributed by atoms with Crippen LogP contribution in [0.2, 0.25) is 0 Å². The highest BCUT2D eigenvalue weighted by molar-refractivity contribution is 7.75. The van der Waals surface area contributed by atoms with Crippen molar-refractivity contribution in [3.8, 4) is 11.5 Å². The zero-order valence-electron chi connectivity index (χ0n) is 12.8. The Hall–Kier alpha value is -2.75. The molecular weight excluding hydrogens is 363 g/mol. The SMILES string of the molecule is COC(=O)Nc1cc(F)c(COc2ccc(OS(=O)F)cc2)c(F)c1. The fourth-order valence-electron chi connectivity index (χ4n) is 1.80. The van der Waals surface area contributed by atoms with E-state index in [9.17, 15) is 21.7 Å². The fourth-order valence-corrected chi connectivity index (χ4v) is 2.07. The van der Waals surface area contributed by atoms with Gasteiger partial charge in [0.2, 0.25) is 0 Å². The summed E-state index contributed by atoms with van der Waals surface area (Å²) in [6.07, 6.45) is -0.862. The van der Waals surface area contributed by atoms with Gasteiger partial charge in [0.25, 0.3) is 0 Å². The summed E-state index contributed by atoms with van der Waals surface area (Å²) >= 11 is -2.95. The average Bonchev–Trinajstić information content (AvgIpc) is 2.55. The second-order valence-electron chi connectivity index (χ2n) is 4.57. The van der Waals surface area contributed by atoms with E-state index in [2.05, 4.69) is 14.2 Å². The number of hydrogen-bond acceptors (Lipinski definition) is 5. The highest BCUT2D eigenvalue weighted by Crippen LogP contribution is 2.23. The van der Waals surface area contributed by atoms with E-state index in [1.165, 1.54) is 24.3 Å². The molecule has 0 radical (unpaired) electrons. The van der Waals surface area contributed by atoms with Crippen molar-refractivity contribution in [3.63, 3.8) is 0 Å².